The highest BCUT2D eigenvalue weighted by molar-refractivity contribution is 5.82. The number of aliphatic imine (C=N–C) groups is 1. The standard InChI is InChI=1S/C25H31FN2/c1-6-7-17(2)22-8-9-23(18(3)14-22)16-28-20(5)25(27)15-19(4)21-10-12-24(26)13-11-21/h8-17H,6-7,27H2,1-5H3/b19-15+,25-20-,28-16?/t17-/m1/s1. The maximum Gasteiger partial charge on any atom is 0.123 e. The van der Waals surface area contributed by atoms with Crippen LogP contribution in [-0.4, -0.2) is 6.21 Å². The predicted molar refractivity (Wildman–Crippen MR) is 119 cm³/mol. The molecule has 0 aliphatic heterocycles. The van der Waals surface area contributed by atoms with Gasteiger partial charge < -0.3 is 5.73 Å². The Morgan fingerprint density at radius 2 is 1.82 bits per heavy atom. The van der Waals surface area contributed by atoms with Crippen LogP contribution in [0.1, 0.15) is 68.7 Å². The fourth-order valence-electron chi connectivity index (χ4n) is 3.12. The smallest absolute Gasteiger partial charge is 0.123 e. The van der Waals surface area contributed by atoms with E-state index < -0.39 is 0 Å². The largest absolute Gasteiger partial charge is 0.397 e. The van der Waals surface area contributed by atoms with E-state index in [0.29, 0.717) is 11.6 Å². The van der Waals surface area contributed by atoms with Crippen molar-refractivity contribution in [2.75, 3.05) is 0 Å². The van der Waals surface area contributed by atoms with Gasteiger partial charge in [-0.25, -0.2) is 4.39 Å². The molecule has 3 heteroatoms. The fourth-order valence-corrected chi connectivity index (χ4v) is 3.12. The second kappa shape index (κ2) is 10.0. The van der Waals surface area contributed by atoms with Crippen molar-refractivity contribution in [3.05, 3.63) is 88.0 Å². The zero-order valence-corrected chi connectivity index (χ0v) is 17.6. The Morgan fingerprint density at radius 3 is 2.43 bits per heavy atom. The number of aryl methyl sites for hydroxylation is 1. The molecule has 0 heterocycles. The molecule has 0 amide bonds. The quantitative estimate of drug-likeness (QED) is 0.420. The number of nitrogens with zero attached hydrogens (tertiary/aromatic N) is 1. The van der Waals surface area contributed by atoms with Gasteiger partial charge in [-0.1, -0.05) is 50.6 Å². The van der Waals surface area contributed by atoms with Crippen molar-refractivity contribution in [1.82, 2.24) is 0 Å². The first-order valence-electron chi connectivity index (χ1n) is 9.87. The molecule has 1 atom stereocenters. The number of hydrogen-bond acceptors (Lipinski definition) is 2. The fraction of sp³-hybridized carbons (Fsp3) is 0.320. The molecule has 0 saturated carbocycles. The Morgan fingerprint density at radius 1 is 1.14 bits per heavy atom. The van der Waals surface area contributed by atoms with E-state index in [1.165, 1.54) is 36.1 Å². The molecule has 0 aromatic heterocycles. The predicted octanol–water partition coefficient (Wildman–Crippen LogP) is 6.75. The maximum atomic E-state index is 13.1. The lowest BCUT2D eigenvalue weighted by atomic mass is 9.94. The van der Waals surface area contributed by atoms with Crippen LogP contribution in [-0.2, 0) is 0 Å². The Labute approximate surface area is 168 Å². The van der Waals surface area contributed by atoms with E-state index in [-0.39, 0.29) is 5.82 Å². The molecule has 0 spiro atoms. The molecule has 2 rings (SSSR count). The first-order chi connectivity index (χ1) is 13.3. The number of rotatable bonds is 7. The van der Waals surface area contributed by atoms with E-state index in [2.05, 4.69) is 44.0 Å². The van der Waals surface area contributed by atoms with Crippen LogP contribution in [0.15, 0.2) is 64.9 Å². The molecule has 0 unspecified atom stereocenters. The maximum absolute atomic E-state index is 13.1. The summed E-state index contributed by atoms with van der Waals surface area (Å²) in [6.07, 6.45) is 6.14. The lowest BCUT2D eigenvalue weighted by molar-refractivity contribution is 0.627. The van der Waals surface area contributed by atoms with E-state index in [1.54, 1.807) is 12.1 Å². The van der Waals surface area contributed by atoms with Gasteiger partial charge in [-0.3, -0.25) is 4.99 Å². The van der Waals surface area contributed by atoms with Gasteiger partial charge in [-0.15, -0.1) is 0 Å². The first-order valence-corrected chi connectivity index (χ1v) is 9.87. The van der Waals surface area contributed by atoms with Crippen molar-refractivity contribution in [2.45, 2.75) is 53.4 Å². The van der Waals surface area contributed by atoms with Crippen LogP contribution < -0.4 is 5.73 Å². The Kier molecular flexibility index (Phi) is 7.74. The van der Waals surface area contributed by atoms with Crippen molar-refractivity contribution in [3.8, 4) is 0 Å². The molecule has 2 aromatic rings. The van der Waals surface area contributed by atoms with E-state index in [0.717, 1.165) is 22.4 Å². The summed E-state index contributed by atoms with van der Waals surface area (Å²) in [6, 6.07) is 13.0. The minimum absolute atomic E-state index is 0.244. The van der Waals surface area contributed by atoms with Crippen molar-refractivity contribution in [2.24, 2.45) is 10.7 Å². The van der Waals surface area contributed by atoms with Crippen molar-refractivity contribution < 1.29 is 4.39 Å². The van der Waals surface area contributed by atoms with Gasteiger partial charge in [-0.2, -0.15) is 0 Å². The molecule has 28 heavy (non-hydrogen) atoms. The molecular weight excluding hydrogens is 347 g/mol. The van der Waals surface area contributed by atoms with Gasteiger partial charge in [0.15, 0.2) is 0 Å². The number of benzene rings is 2. The van der Waals surface area contributed by atoms with Crippen LogP contribution in [0, 0.1) is 12.7 Å². The Hall–Kier alpha value is -2.68. The van der Waals surface area contributed by atoms with Crippen molar-refractivity contribution in [1.29, 1.82) is 0 Å². The highest BCUT2D eigenvalue weighted by Crippen LogP contribution is 2.23. The van der Waals surface area contributed by atoms with Gasteiger partial charge in [-0.05, 0) is 79.1 Å². The third kappa shape index (κ3) is 5.91. The number of hydrogen-bond donors (Lipinski definition) is 1. The lowest BCUT2D eigenvalue weighted by Crippen LogP contribution is -1.99. The molecule has 0 aliphatic rings. The van der Waals surface area contributed by atoms with Crippen molar-refractivity contribution >= 4 is 11.8 Å². The third-order valence-electron chi connectivity index (χ3n) is 5.07. The lowest BCUT2D eigenvalue weighted by Gasteiger charge is -2.12. The molecule has 0 radical (unpaired) electrons. The Bertz CT molecular complexity index is 889. The van der Waals surface area contributed by atoms with Gasteiger partial charge in [0, 0.05) is 6.21 Å². The van der Waals surface area contributed by atoms with E-state index >= 15 is 0 Å². The van der Waals surface area contributed by atoms with Gasteiger partial charge >= 0.3 is 0 Å². The monoisotopic (exact) mass is 378 g/mol. The van der Waals surface area contributed by atoms with E-state index in [1.807, 2.05) is 26.1 Å². The SMILES string of the molecule is CCC[C@@H](C)c1ccc(C=N/C(C)=C(N)/C=C(\C)c2ccc(F)cc2)c(C)c1. The second-order valence-electron chi connectivity index (χ2n) is 7.44. The summed E-state index contributed by atoms with van der Waals surface area (Å²) in [5.41, 5.74) is 13.2. The first kappa shape index (κ1) is 21.6. The molecule has 0 saturated heterocycles. The average Bonchev–Trinajstić information content (AvgIpc) is 2.67. The van der Waals surface area contributed by atoms with Crippen molar-refractivity contribution in [3.63, 3.8) is 0 Å². The molecule has 0 bridgehead atoms. The molecule has 2 nitrogen and oxygen atoms in total. The molecule has 0 fully saturated rings. The molecule has 0 aliphatic carbocycles. The van der Waals surface area contributed by atoms with Crippen LogP contribution in [0.2, 0.25) is 0 Å². The van der Waals surface area contributed by atoms with E-state index in [4.69, 9.17) is 5.73 Å². The number of allylic oxidation sites excluding steroid dienone is 3. The molecule has 2 N–H and O–H groups in total. The number of nitrogens with two attached hydrogens (primary N) is 1. The summed E-state index contributed by atoms with van der Waals surface area (Å²) in [4.78, 5) is 4.55. The van der Waals surface area contributed by atoms with Crippen LogP contribution in [0.25, 0.3) is 5.57 Å². The van der Waals surface area contributed by atoms with Gasteiger partial charge in [0.05, 0.1) is 11.4 Å². The summed E-state index contributed by atoms with van der Waals surface area (Å²) in [6.45, 7) is 10.5. The summed E-state index contributed by atoms with van der Waals surface area (Å²) in [7, 11) is 0. The van der Waals surface area contributed by atoms with Gasteiger partial charge in [0.1, 0.15) is 5.82 Å². The van der Waals surface area contributed by atoms with Crippen LogP contribution in [0.3, 0.4) is 0 Å². The highest BCUT2D eigenvalue weighted by atomic mass is 19.1. The Balaban J connectivity index is 2.17. The van der Waals surface area contributed by atoms with E-state index in [9.17, 15) is 4.39 Å². The van der Waals surface area contributed by atoms with Crippen LogP contribution in [0.4, 0.5) is 4.39 Å². The number of halogens is 1. The highest BCUT2D eigenvalue weighted by Gasteiger charge is 2.06. The minimum atomic E-state index is -0.244. The molecule has 2 aromatic carbocycles. The molecule has 148 valence electrons. The zero-order valence-electron chi connectivity index (χ0n) is 17.6. The average molecular weight is 379 g/mol. The minimum Gasteiger partial charge on any atom is -0.397 e. The summed E-state index contributed by atoms with van der Waals surface area (Å²) in [5, 5.41) is 0. The molecular formula is C25H31FN2. The van der Waals surface area contributed by atoms with Crippen LogP contribution in [0.5, 0.6) is 0 Å². The summed E-state index contributed by atoms with van der Waals surface area (Å²) < 4.78 is 13.1. The normalized spacial score (nSPS) is 14.3. The van der Waals surface area contributed by atoms with Gasteiger partial charge in [0.2, 0.25) is 0 Å². The summed E-state index contributed by atoms with van der Waals surface area (Å²) >= 11 is 0. The second-order valence-corrected chi connectivity index (χ2v) is 7.44. The summed E-state index contributed by atoms with van der Waals surface area (Å²) in [5.74, 6) is 0.331. The third-order valence-corrected chi connectivity index (χ3v) is 5.07. The van der Waals surface area contributed by atoms with Gasteiger partial charge in [0.25, 0.3) is 0 Å². The van der Waals surface area contributed by atoms with Crippen LogP contribution >= 0.6 is 0 Å². The zero-order chi connectivity index (χ0) is 20.7. The topological polar surface area (TPSA) is 38.4 Å².